The summed E-state index contributed by atoms with van der Waals surface area (Å²) in [6.45, 7) is 0. The lowest BCUT2D eigenvalue weighted by Crippen LogP contribution is -1.82. The maximum Gasteiger partial charge on any atom is 0.127 e. The van der Waals surface area contributed by atoms with E-state index in [2.05, 4.69) is 0 Å². The zero-order chi connectivity index (χ0) is 11.7. The van der Waals surface area contributed by atoms with Crippen molar-refractivity contribution in [3.05, 3.63) is 52.3 Å². The zero-order valence-electron chi connectivity index (χ0n) is 8.05. The molecule has 0 heterocycles. The van der Waals surface area contributed by atoms with Gasteiger partial charge in [0.25, 0.3) is 0 Å². The Kier molecular flexibility index (Phi) is 3.03. The monoisotopic (exact) mass is 256 g/mol. The fourth-order valence-corrected chi connectivity index (χ4v) is 1.97. The lowest BCUT2D eigenvalue weighted by molar-refractivity contribution is 0.469. The number of phenols is 1. The molecule has 2 rings (SSSR count). The summed E-state index contributed by atoms with van der Waals surface area (Å²) < 4.78 is 13.1. The van der Waals surface area contributed by atoms with Crippen LogP contribution in [0.15, 0.2) is 36.4 Å². The van der Waals surface area contributed by atoms with Crippen molar-refractivity contribution >= 4 is 23.2 Å². The number of aromatic hydroxyl groups is 1. The van der Waals surface area contributed by atoms with Crippen molar-refractivity contribution in [3.8, 4) is 16.9 Å². The quantitative estimate of drug-likeness (QED) is 0.797. The van der Waals surface area contributed by atoms with Gasteiger partial charge in [-0.3, -0.25) is 0 Å². The molecule has 0 bridgehead atoms. The minimum absolute atomic E-state index is 0.138. The Morgan fingerprint density at radius 1 is 1.00 bits per heavy atom. The highest BCUT2D eigenvalue weighted by atomic mass is 35.5. The number of hydrogen-bond acceptors (Lipinski definition) is 1. The zero-order valence-corrected chi connectivity index (χ0v) is 9.56. The summed E-state index contributed by atoms with van der Waals surface area (Å²) in [5, 5.41) is 10.2. The van der Waals surface area contributed by atoms with E-state index in [9.17, 15) is 9.50 Å². The van der Waals surface area contributed by atoms with Gasteiger partial charge >= 0.3 is 0 Å². The van der Waals surface area contributed by atoms with Gasteiger partial charge in [-0.1, -0.05) is 29.3 Å². The molecule has 0 aliphatic rings. The van der Waals surface area contributed by atoms with Crippen LogP contribution >= 0.6 is 23.2 Å². The van der Waals surface area contributed by atoms with Crippen molar-refractivity contribution in [2.24, 2.45) is 0 Å². The maximum atomic E-state index is 13.1. The third-order valence-corrected chi connectivity index (χ3v) is 2.67. The van der Waals surface area contributed by atoms with E-state index in [1.807, 2.05) is 0 Å². The number of phenolic OH excluding ortho intramolecular Hbond substituents is 1. The second-order valence-corrected chi connectivity index (χ2v) is 4.17. The van der Waals surface area contributed by atoms with Crippen LogP contribution in [0.4, 0.5) is 4.39 Å². The number of halogens is 3. The minimum atomic E-state index is -0.513. The van der Waals surface area contributed by atoms with Gasteiger partial charge in [-0.05, 0) is 29.8 Å². The largest absolute Gasteiger partial charge is 0.508 e. The Bertz CT molecular complexity index is 520. The highest BCUT2D eigenvalue weighted by molar-refractivity contribution is 6.36. The van der Waals surface area contributed by atoms with E-state index >= 15 is 0 Å². The number of benzene rings is 2. The average molecular weight is 257 g/mol. The summed E-state index contributed by atoms with van der Waals surface area (Å²) in [4.78, 5) is 0. The topological polar surface area (TPSA) is 20.2 Å². The normalized spacial score (nSPS) is 10.4. The van der Waals surface area contributed by atoms with Crippen molar-refractivity contribution in [2.75, 3.05) is 0 Å². The van der Waals surface area contributed by atoms with Crippen LogP contribution in [0.25, 0.3) is 11.1 Å². The predicted molar refractivity (Wildman–Crippen MR) is 63.5 cm³/mol. The second kappa shape index (κ2) is 4.32. The van der Waals surface area contributed by atoms with Crippen LogP contribution in [-0.4, -0.2) is 5.11 Å². The summed E-state index contributed by atoms with van der Waals surface area (Å²) >= 11 is 11.7. The van der Waals surface area contributed by atoms with Gasteiger partial charge < -0.3 is 5.11 Å². The van der Waals surface area contributed by atoms with E-state index < -0.39 is 5.82 Å². The van der Waals surface area contributed by atoms with Crippen LogP contribution in [0.5, 0.6) is 5.75 Å². The molecule has 16 heavy (non-hydrogen) atoms. The molecule has 0 atom stereocenters. The van der Waals surface area contributed by atoms with E-state index in [0.717, 1.165) is 6.07 Å². The predicted octanol–water partition coefficient (Wildman–Crippen LogP) is 4.51. The lowest BCUT2D eigenvalue weighted by atomic mass is 10.1. The number of hydrogen-bond donors (Lipinski definition) is 1. The van der Waals surface area contributed by atoms with Gasteiger partial charge in [-0.2, -0.15) is 0 Å². The van der Waals surface area contributed by atoms with Crippen LogP contribution < -0.4 is 0 Å². The van der Waals surface area contributed by atoms with E-state index in [0.29, 0.717) is 21.2 Å². The molecule has 0 spiro atoms. The smallest absolute Gasteiger partial charge is 0.127 e. The van der Waals surface area contributed by atoms with Gasteiger partial charge in [0.2, 0.25) is 0 Å². The fourth-order valence-electron chi connectivity index (χ4n) is 1.45. The molecule has 0 aliphatic carbocycles. The molecule has 0 aromatic heterocycles. The second-order valence-electron chi connectivity index (χ2n) is 3.32. The van der Waals surface area contributed by atoms with Crippen LogP contribution in [-0.2, 0) is 0 Å². The highest BCUT2D eigenvalue weighted by Gasteiger charge is 2.07. The Morgan fingerprint density at radius 3 is 2.38 bits per heavy atom. The SMILES string of the molecule is Oc1cc(F)cc(-c2ccc(Cl)cc2Cl)c1. The molecule has 0 radical (unpaired) electrons. The molecule has 1 nitrogen and oxygen atoms in total. The molecule has 1 N–H and O–H groups in total. The fraction of sp³-hybridized carbons (Fsp3) is 0. The first-order valence-electron chi connectivity index (χ1n) is 4.51. The molecule has 0 fully saturated rings. The van der Waals surface area contributed by atoms with Crippen molar-refractivity contribution in [3.63, 3.8) is 0 Å². The van der Waals surface area contributed by atoms with Crippen molar-refractivity contribution in [2.45, 2.75) is 0 Å². The lowest BCUT2D eigenvalue weighted by Gasteiger charge is -2.05. The van der Waals surface area contributed by atoms with Crippen LogP contribution in [0.2, 0.25) is 10.0 Å². The van der Waals surface area contributed by atoms with Gasteiger partial charge in [-0.25, -0.2) is 4.39 Å². The van der Waals surface area contributed by atoms with E-state index in [1.165, 1.54) is 12.1 Å². The molecule has 2 aromatic carbocycles. The Morgan fingerprint density at radius 2 is 1.75 bits per heavy atom. The number of rotatable bonds is 1. The molecule has 4 heteroatoms. The van der Waals surface area contributed by atoms with Crippen molar-refractivity contribution in [1.82, 2.24) is 0 Å². The molecular formula is C12H7Cl2FO. The average Bonchev–Trinajstić information content (AvgIpc) is 2.15. The summed E-state index contributed by atoms with van der Waals surface area (Å²) in [5.41, 5.74) is 1.14. The van der Waals surface area contributed by atoms with E-state index in [-0.39, 0.29) is 5.75 Å². The van der Waals surface area contributed by atoms with E-state index in [1.54, 1.807) is 18.2 Å². The van der Waals surface area contributed by atoms with Gasteiger partial charge in [-0.15, -0.1) is 0 Å². The van der Waals surface area contributed by atoms with Gasteiger partial charge in [0, 0.05) is 21.7 Å². The maximum absolute atomic E-state index is 13.1. The first kappa shape index (κ1) is 11.2. The first-order valence-corrected chi connectivity index (χ1v) is 5.27. The van der Waals surface area contributed by atoms with Crippen LogP contribution in [0, 0.1) is 5.82 Å². The standard InChI is InChI=1S/C12H7Cl2FO/c13-8-1-2-11(12(14)5-8)7-3-9(15)6-10(16)4-7/h1-6,16H. The van der Waals surface area contributed by atoms with E-state index in [4.69, 9.17) is 23.2 Å². The molecule has 82 valence electrons. The summed E-state index contributed by atoms with van der Waals surface area (Å²) in [6, 6.07) is 8.68. The Hall–Kier alpha value is -1.25. The Balaban J connectivity index is 2.58. The molecule has 0 saturated heterocycles. The summed E-state index contributed by atoms with van der Waals surface area (Å²) in [7, 11) is 0. The van der Waals surface area contributed by atoms with Crippen molar-refractivity contribution in [1.29, 1.82) is 0 Å². The summed E-state index contributed by atoms with van der Waals surface area (Å²) in [6.07, 6.45) is 0. The highest BCUT2D eigenvalue weighted by Crippen LogP contribution is 2.32. The van der Waals surface area contributed by atoms with Gasteiger partial charge in [0.15, 0.2) is 0 Å². The molecule has 0 aliphatic heterocycles. The third-order valence-electron chi connectivity index (χ3n) is 2.12. The first-order chi connectivity index (χ1) is 7.56. The molecule has 0 amide bonds. The van der Waals surface area contributed by atoms with Crippen LogP contribution in [0.3, 0.4) is 0 Å². The van der Waals surface area contributed by atoms with Gasteiger partial charge in [0.1, 0.15) is 11.6 Å². The molecule has 0 unspecified atom stereocenters. The Labute approximate surface area is 102 Å². The van der Waals surface area contributed by atoms with Gasteiger partial charge in [0.05, 0.1) is 0 Å². The molecular weight excluding hydrogens is 250 g/mol. The molecule has 0 saturated carbocycles. The third kappa shape index (κ3) is 2.29. The summed E-state index contributed by atoms with van der Waals surface area (Å²) in [5.74, 6) is -0.651. The van der Waals surface area contributed by atoms with Crippen LogP contribution in [0.1, 0.15) is 0 Å². The minimum Gasteiger partial charge on any atom is -0.508 e. The molecule has 2 aromatic rings. The van der Waals surface area contributed by atoms with Crippen molar-refractivity contribution < 1.29 is 9.50 Å².